The number of anilines is 1. The number of nitrogen functional groups attached to an aromatic ring is 1. The summed E-state index contributed by atoms with van der Waals surface area (Å²) in [6, 6.07) is 10.9. The summed E-state index contributed by atoms with van der Waals surface area (Å²) in [7, 11) is 1.58. The van der Waals surface area contributed by atoms with Crippen LogP contribution in [0.4, 0.5) is 5.69 Å². The van der Waals surface area contributed by atoms with Crippen LogP contribution < -0.4 is 15.8 Å². The van der Waals surface area contributed by atoms with E-state index in [-0.39, 0.29) is 17.3 Å². The Morgan fingerprint density at radius 2 is 2.00 bits per heavy atom. The monoisotopic (exact) mass is 370 g/mol. The quantitative estimate of drug-likeness (QED) is 0.715. The Kier molecular flexibility index (Phi) is 5.23. The molecule has 2 aromatic carbocycles. The molecule has 0 fully saturated rings. The van der Waals surface area contributed by atoms with Gasteiger partial charge < -0.3 is 15.8 Å². The van der Waals surface area contributed by atoms with Crippen molar-refractivity contribution < 1.29 is 9.53 Å². The zero-order valence-corrected chi connectivity index (χ0v) is 15.3. The smallest absolute Gasteiger partial charge is 0.273 e. The molecule has 1 aromatic heterocycles. The van der Waals surface area contributed by atoms with E-state index in [1.807, 2.05) is 37.3 Å². The van der Waals surface area contributed by atoms with Crippen LogP contribution in [-0.2, 0) is 0 Å². The minimum Gasteiger partial charge on any atom is -0.496 e. The number of nitrogens with one attached hydrogen (secondary N) is 1. The first-order valence-electron chi connectivity index (χ1n) is 8.24. The van der Waals surface area contributed by atoms with Gasteiger partial charge in [-0.3, -0.25) is 4.79 Å². The zero-order valence-electron chi connectivity index (χ0n) is 14.5. The highest BCUT2D eigenvalue weighted by Gasteiger charge is 2.19. The van der Waals surface area contributed by atoms with Gasteiger partial charge in [-0.1, -0.05) is 42.8 Å². The van der Waals surface area contributed by atoms with E-state index in [1.54, 1.807) is 13.2 Å². The van der Waals surface area contributed by atoms with Crippen molar-refractivity contribution in [1.29, 1.82) is 0 Å². The molecule has 3 aromatic rings. The molecule has 6 nitrogen and oxygen atoms in total. The molecule has 134 valence electrons. The fraction of sp³-hybridized carbons (Fsp3) is 0.211. The molecule has 1 heterocycles. The van der Waals surface area contributed by atoms with E-state index >= 15 is 0 Å². The number of rotatable bonds is 5. The van der Waals surface area contributed by atoms with Crippen molar-refractivity contribution in [3.05, 3.63) is 47.1 Å². The lowest BCUT2D eigenvalue weighted by molar-refractivity contribution is 0.0949. The van der Waals surface area contributed by atoms with Gasteiger partial charge in [0.25, 0.3) is 5.91 Å². The number of nitrogens with two attached hydrogens (primary N) is 1. The predicted octanol–water partition coefficient (Wildman–Crippen LogP) is 3.68. The summed E-state index contributed by atoms with van der Waals surface area (Å²) in [6.07, 6.45) is 0.823. The van der Waals surface area contributed by atoms with Crippen molar-refractivity contribution in [2.75, 3.05) is 19.4 Å². The molecule has 3 rings (SSSR count). The highest BCUT2D eigenvalue weighted by Crippen LogP contribution is 2.40. The number of aromatic nitrogens is 2. The Balaban J connectivity index is 2.19. The van der Waals surface area contributed by atoms with Crippen LogP contribution >= 0.6 is 11.6 Å². The molecular weight excluding hydrogens is 352 g/mol. The number of nitrogens with zero attached hydrogens (tertiary/aromatic N) is 2. The second-order valence-corrected chi connectivity index (χ2v) is 6.14. The number of amides is 1. The molecule has 3 N–H and O–H groups in total. The maximum absolute atomic E-state index is 12.2. The van der Waals surface area contributed by atoms with E-state index in [2.05, 4.69) is 15.5 Å². The van der Waals surface area contributed by atoms with E-state index in [4.69, 9.17) is 22.1 Å². The Morgan fingerprint density at radius 3 is 2.73 bits per heavy atom. The highest BCUT2D eigenvalue weighted by molar-refractivity contribution is 6.34. The third-order valence-electron chi connectivity index (χ3n) is 4.05. The first-order valence-corrected chi connectivity index (χ1v) is 8.62. The van der Waals surface area contributed by atoms with Crippen molar-refractivity contribution in [2.45, 2.75) is 13.3 Å². The van der Waals surface area contributed by atoms with Gasteiger partial charge in [-0.05, 0) is 18.6 Å². The van der Waals surface area contributed by atoms with Crippen molar-refractivity contribution in [2.24, 2.45) is 0 Å². The fourth-order valence-electron chi connectivity index (χ4n) is 2.78. The molecule has 0 unspecified atom stereocenters. The lowest BCUT2D eigenvalue weighted by atomic mass is 10.00. The summed E-state index contributed by atoms with van der Waals surface area (Å²) >= 11 is 6.40. The van der Waals surface area contributed by atoms with Gasteiger partial charge in [-0.25, -0.2) is 0 Å². The Hall–Kier alpha value is -2.86. The molecule has 26 heavy (non-hydrogen) atoms. The van der Waals surface area contributed by atoms with Crippen LogP contribution in [0.25, 0.3) is 22.0 Å². The average molecular weight is 371 g/mol. The normalized spacial score (nSPS) is 10.7. The number of ether oxygens (including phenoxy) is 1. The van der Waals surface area contributed by atoms with E-state index < -0.39 is 0 Å². The molecule has 0 aliphatic rings. The van der Waals surface area contributed by atoms with Gasteiger partial charge in [0, 0.05) is 23.1 Å². The molecule has 0 saturated heterocycles. The second kappa shape index (κ2) is 7.58. The summed E-state index contributed by atoms with van der Waals surface area (Å²) in [6.45, 7) is 2.52. The lowest BCUT2D eigenvalue weighted by Crippen LogP contribution is -2.26. The molecule has 0 bridgehead atoms. The highest BCUT2D eigenvalue weighted by atomic mass is 35.5. The van der Waals surface area contributed by atoms with Crippen LogP contribution in [-0.4, -0.2) is 29.8 Å². The van der Waals surface area contributed by atoms with E-state index in [0.29, 0.717) is 33.8 Å². The fourth-order valence-corrected chi connectivity index (χ4v) is 3.05. The Morgan fingerprint density at radius 1 is 1.23 bits per heavy atom. The second-order valence-electron chi connectivity index (χ2n) is 5.74. The number of halogens is 1. The van der Waals surface area contributed by atoms with Crippen LogP contribution in [0.3, 0.4) is 0 Å². The molecule has 1 amide bonds. The standard InChI is InChI=1S/C19H19ClN4O2/c1-3-10-22-19(25)18-16(21)12-7-4-6-11(17(12)23-24-18)15-13(20)8-5-9-14(15)26-2/h4-9H,3,10H2,1-2H3,(H2,21,23)(H,22,25). The van der Waals surface area contributed by atoms with Crippen LogP contribution in [0.15, 0.2) is 36.4 Å². The number of carbonyl (C=O) groups excluding carboxylic acids is 1. The number of fused-ring (bicyclic) bond motifs is 1. The van der Waals surface area contributed by atoms with Crippen LogP contribution in [0.2, 0.25) is 5.02 Å². The van der Waals surface area contributed by atoms with Gasteiger partial charge >= 0.3 is 0 Å². The van der Waals surface area contributed by atoms with Gasteiger partial charge in [0.15, 0.2) is 5.69 Å². The average Bonchev–Trinajstić information content (AvgIpc) is 2.66. The molecule has 0 saturated carbocycles. The minimum absolute atomic E-state index is 0.120. The summed E-state index contributed by atoms with van der Waals surface area (Å²) in [5.74, 6) is 0.287. The third kappa shape index (κ3) is 3.15. The Bertz CT molecular complexity index is 975. The van der Waals surface area contributed by atoms with Crippen LogP contribution in [0.5, 0.6) is 5.75 Å². The van der Waals surface area contributed by atoms with Crippen molar-refractivity contribution >= 4 is 34.1 Å². The molecule has 0 aliphatic heterocycles. The van der Waals surface area contributed by atoms with E-state index in [9.17, 15) is 4.79 Å². The summed E-state index contributed by atoms with van der Waals surface area (Å²) < 4.78 is 5.44. The van der Waals surface area contributed by atoms with E-state index in [0.717, 1.165) is 12.0 Å². The van der Waals surface area contributed by atoms with Crippen molar-refractivity contribution in [1.82, 2.24) is 15.5 Å². The number of hydrogen-bond donors (Lipinski definition) is 2. The first-order chi connectivity index (χ1) is 12.6. The van der Waals surface area contributed by atoms with Gasteiger partial charge in [0.05, 0.1) is 17.8 Å². The zero-order chi connectivity index (χ0) is 18.7. The maximum atomic E-state index is 12.2. The van der Waals surface area contributed by atoms with Crippen LogP contribution in [0, 0.1) is 0 Å². The summed E-state index contributed by atoms with van der Waals surface area (Å²) in [5.41, 5.74) is 8.63. The molecular formula is C19H19ClN4O2. The number of carbonyl (C=O) groups is 1. The molecule has 0 atom stereocenters. The topological polar surface area (TPSA) is 90.1 Å². The number of methoxy groups -OCH3 is 1. The molecule has 0 spiro atoms. The number of benzene rings is 2. The van der Waals surface area contributed by atoms with Crippen molar-refractivity contribution in [3.63, 3.8) is 0 Å². The van der Waals surface area contributed by atoms with Crippen LogP contribution in [0.1, 0.15) is 23.8 Å². The lowest BCUT2D eigenvalue weighted by Gasteiger charge is -2.14. The number of hydrogen-bond acceptors (Lipinski definition) is 5. The largest absolute Gasteiger partial charge is 0.496 e. The minimum atomic E-state index is -0.334. The third-order valence-corrected chi connectivity index (χ3v) is 4.36. The summed E-state index contributed by atoms with van der Waals surface area (Å²) in [5, 5.41) is 12.3. The predicted molar refractivity (Wildman–Crippen MR) is 104 cm³/mol. The first kappa shape index (κ1) is 17.9. The molecule has 0 radical (unpaired) electrons. The molecule has 0 aliphatic carbocycles. The summed E-state index contributed by atoms with van der Waals surface area (Å²) in [4.78, 5) is 12.2. The maximum Gasteiger partial charge on any atom is 0.273 e. The van der Waals surface area contributed by atoms with Gasteiger partial charge in [-0.15, -0.1) is 10.2 Å². The molecule has 7 heteroatoms. The van der Waals surface area contributed by atoms with Gasteiger partial charge in [-0.2, -0.15) is 0 Å². The SMILES string of the molecule is CCCNC(=O)c1nnc2c(-c3c(Cl)cccc3OC)cccc2c1N. The van der Waals surface area contributed by atoms with E-state index in [1.165, 1.54) is 0 Å². The van der Waals surface area contributed by atoms with Gasteiger partial charge in [0.2, 0.25) is 0 Å². The van der Waals surface area contributed by atoms with Gasteiger partial charge in [0.1, 0.15) is 11.3 Å². The van der Waals surface area contributed by atoms with Crippen molar-refractivity contribution in [3.8, 4) is 16.9 Å². The Labute approximate surface area is 156 Å².